The van der Waals surface area contributed by atoms with Crippen LogP contribution >= 0.6 is 0 Å². The van der Waals surface area contributed by atoms with E-state index < -0.39 is 34.9 Å². The average molecular weight is 457 g/mol. The highest BCUT2D eigenvalue weighted by molar-refractivity contribution is 5.96. The topological polar surface area (TPSA) is 65.8 Å². The number of benzene rings is 2. The summed E-state index contributed by atoms with van der Waals surface area (Å²) in [6, 6.07) is 14.0. The van der Waals surface area contributed by atoms with E-state index in [-0.39, 0.29) is 18.4 Å². The zero-order chi connectivity index (χ0) is 23.9. The number of alkyl halides is 3. The summed E-state index contributed by atoms with van der Waals surface area (Å²) in [6.07, 6.45) is -3.17. The average Bonchev–Trinajstić information content (AvgIpc) is 2.78. The largest absolute Gasteiger partial charge is 0.502 e. The lowest BCUT2D eigenvalue weighted by atomic mass is 9.96. The highest BCUT2D eigenvalue weighted by Gasteiger charge is 2.38. The Kier molecular flexibility index (Phi) is 5.65. The molecule has 1 aliphatic heterocycles. The van der Waals surface area contributed by atoms with Crippen molar-refractivity contribution < 1.29 is 23.1 Å². The van der Waals surface area contributed by atoms with Crippen molar-refractivity contribution in [2.45, 2.75) is 32.1 Å². The third-order valence-electron chi connectivity index (χ3n) is 5.66. The Bertz CT molecular complexity index is 1240. The van der Waals surface area contributed by atoms with Gasteiger partial charge in [-0.05, 0) is 37.1 Å². The van der Waals surface area contributed by atoms with Gasteiger partial charge in [-0.2, -0.15) is 13.2 Å². The number of nitrogens with zero attached hydrogens (tertiary/aromatic N) is 3. The van der Waals surface area contributed by atoms with Crippen LogP contribution in [0, 0.1) is 0 Å². The third kappa shape index (κ3) is 4.06. The number of pyridine rings is 1. The van der Waals surface area contributed by atoms with Crippen molar-refractivity contribution in [3.8, 4) is 5.75 Å². The van der Waals surface area contributed by atoms with E-state index in [1.54, 1.807) is 55.3 Å². The standard InChI is InChI=1S/C24H22F3N3O3/c1-15(2)28-14-30(29-12-11-19(31)22(32)21(29)23(28)33)20(16-7-4-3-5-8-16)17-9-6-10-18(13-17)24(25,26)27/h3-13,15,20,32H,14H2,1-2H3. The summed E-state index contributed by atoms with van der Waals surface area (Å²) in [5.74, 6) is -1.24. The molecule has 0 saturated carbocycles. The molecule has 0 spiro atoms. The number of hydrogen-bond acceptors (Lipinski definition) is 4. The van der Waals surface area contributed by atoms with E-state index in [1.165, 1.54) is 21.8 Å². The maximum Gasteiger partial charge on any atom is 0.416 e. The minimum Gasteiger partial charge on any atom is -0.502 e. The smallest absolute Gasteiger partial charge is 0.416 e. The number of amides is 1. The SMILES string of the molecule is CC(C)N1CN(C(c2ccccc2)c2cccc(C(F)(F)F)c2)n2ccc(=O)c(O)c2C1=O. The van der Waals surface area contributed by atoms with Gasteiger partial charge in [-0.1, -0.05) is 42.5 Å². The first-order valence-electron chi connectivity index (χ1n) is 10.3. The van der Waals surface area contributed by atoms with E-state index in [2.05, 4.69) is 0 Å². The number of carbonyl (C=O) groups is 1. The van der Waals surface area contributed by atoms with Crippen molar-refractivity contribution in [1.29, 1.82) is 0 Å². The summed E-state index contributed by atoms with van der Waals surface area (Å²) in [4.78, 5) is 26.7. The van der Waals surface area contributed by atoms with Crippen LogP contribution in [0.15, 0.2) is 71.7 Å². The van der Waals surface area contributed by atoms with Crippen LogP contribution < -0.4 is 10.4 Å². The Labute approximate surface area is 188 Å². The van der Waals surface area contributed by atoms with Crippen LogP contribution in [0.4, 0.5) is 13.2 Å². The van der Waals surface area contributed by atoms with E-state index in [0.717, 1.165) is 18.2 Å². The van der Waals surface area contributed by atoms with Gasteiger partial charge in [0, 0.05) is 18.3 Å². The lowest BCUT2D eigenvalue weighted by molar-refractivity contribution is -0.137. The predicted molar refractivity (Wildman–Crippen MR) is 116 cm³/mol. The molecule has 1 amide bonds. The maximum atomic E-state index is 13.5. The minimum atomic E-state index is -4.53. The molecule has 0 saturated heterocycles. The summed E-state index contributed by atoms with van der Waals surface area (Å²) < 4.78 is 41.8. The summed E-state index contributed by atoms with van der Waals surface area (Å²) in [5.41, 5.74) is -0.708. The van der Waals surface area contributed by atoms with Crippen molar-refractivity contribution in [3.05, 3.63) is 99.5 Å². The van der Waals surface area contributed by atoms with E-state index >= 15 is 0 Å². The molecule has 1 aliphatic rings. The zero-order valence-corrected chi connectivity index (χ0v) is 18.0. The second kappa shape index (κ2) is 8.31. The molecule has 1 atom stereocenters. The van der Waals surface area contributed by atoms with Gasteiger partial charge in [0.25, 0.3) is 5.91 Å². The lowest BCUT2D eigenvalue weighted by Gasteiger charge is -2.45. The van der Waals surface area contributed by atoms with Gasteiger partial charge in [-0.3, -0.25) is 19.3 Å². The quantitative estimate of drug-likeness (QED) is 0.640. The Morgan fingerprint density at radius 3 is 2.24 bits per heavy atom. The summed E-state index contributed by atoms with van der Waals surface area (Å²) in [5, 5.41) is 12.1. The van der Waals surface area contributed by atoms with Gasteiger partial charge in [-0.25, -0.2) is 0 Å². The number of aromatic nitrogens is 1. The lowest BCUT2D eigenvalue weighted by Crippen LogP contribution is -2.57. The fourth-order valence-electron chi connectivity index (χ4n) is 4.02. The normalized spacial score (nSPS) is 15.0. The molecule has 172 valence electrons. The number of carbonyl (C=O) groups excluding carboxylic acids is 1. The number of halogens is 3. The highest BCUT2D eigenvalue weighted by atomic mass is 19.4. The van der Waals surface area contributed by atoms with Crippen LogP contribution in [0.5, 0.6) is 5.75 Å². The first-order valence-corrected chi connectivity index (χ1v) is 10.3. The fourth-order valence-corrected chi connectivity index (χ4v) is 4.02. The number of hydrogen-bond donors (Lipinski definition) is 1. The van der Waals surface area contributed by atoms with Crippen LogP contribution in [0.2, 0.25) is 0 Å². The molecule has 0 aliphatic carbocycles. The Balaban J connectivity index is 1.97. The molecule has 1 N–H and O–H groups in total. The van der Waals surface area contributed by atoms with Crippen molar-refractivity contribution in [3.63, 3.8) is 0 Å². The highest BCUT2D eigenvalue weighted by Crippen LogP contribution is 2.36. The van der Waals surface area contributed by atoms with Crippen molar-refractivity contribution in [2.75, 3.05) is 11.7 Å². The predicted octanol–water partition coefficient (Wildman–Crippen LogP) is 4.12. The molecule has 0 radical (unpaired) electrons. The molecule has 4 rings (SSSR count). The molecule has 3 aromatic rings. The monoisotopic (exact) mass is 457 g/mol. The molecule has 2 aromatic carbocycles. The molecule has 9 heteroatoms. The van der Waals surface area contributed by atoms with Gasteiger partial charge in [0.05, 0.1) is 11.6 Å². The Morgan fingerprint density at radius 1 is 0.939 bits per heavy atom. The zero-order valence-electron chi connectivity index (χ0n) is 18.0. The number of fused-ring (bicyclic) bond motifs is 1. The Hall–Kier alpha value is -3.75. The van der Waals surface area contributed by atoms with Crippen LogP contribution in [-0.4, -0.2) is 33.3 Å². The third-order valence-corrected chi connectivity index (χ3v) is 5.66. The summed E-state index contributed by atoms with van der Waals surface area (Å²) in [7, 11) is 0. The van der Waals surface area contributed by atoms with Crippen molar-refractivity contribution in [2.24, 2.45) is 0 Å². The number of rotatable bonds is 4. The van der Waals surface area contributed by atoms with Gasteiger partial charge in [0.15, 0.2) is 11.4 Å². The second-order valence-electron chi connectivity index (χ2n) is 8.11. The van der Waals surface area contributed by atoms with E-state index in [4.69, 9.17) is 0 Å². The van der Waals surface area contributed by atoms with E-state index in [1.807, 2.05) is 0 Å². The van der Waals surface area contributed by atoms with E-state index in [0.29, 0.717) is 11.1 Å². The Morgan fingerprint density at radius 2 is 1.61 bits per heavy atom. The summed E-state index contributed by atoms with van der Waals surface area (Å²) in [6.45, 7) is 3.60. The minimum absolute atomic E-state index is 0.0294. The van der Waals surface area contributed by atoms with Crippen LogP contribution in [0.25, 0.3) is 0 Å². The molecular weight excluding hydrogens is 435 g/mol. The first-order chi connectivity index (χ1) is 15.6. The molecule has 1 unspecified atom stereocenters. The number of aromatic hydroxyl groups is 1. The van der Waals surface area contributed by atoms with Crippen molar-refractivity contribution >= 4 is 5.91 Å². The molecule has 1 aromatic heterocycles. The van der Waals surface area contributed by atoms with Crippen molar-refractivity contribution in [1.82, 2.24) is 9.58 Å². The molecule has 6 nitrogen and oxygen atoms in total. The van der Waals surface area contributed by atoms with Gasteiger partial charge in [-0.15, -0.1) is 0 Å². The van der Waals surface area contributed by atoms with Crippen LogP contribution in [0.3, 0.4) is 0 Å². The second-order valence-corrected chi connectivity index (χ2v) is 8.11. The molecule has 0 bridgehead atoms. The van der Waals surface area contributed by atoms with Gasteiger partial charge in [0.1, 0.15) is 6.67 Å². The molecule has 2 heterocycles. The van der Waals surface area contributed by atoms with Gasteiger partial charge < -0.3 is 10.0 Å². The summed E-state index contributed by atoms with van der Waals surface area (Å²) >= 11 is 0. The first kappa shape index (κ1) is 22.4. The fraction of sp³-hybridized carbons (Fsp3) is 0.250. The van der Waals surface area contributed by atoms with E-state index in [9.17, 15) is 27.9 Å². The van der Waals surface area contributed by atoms with Crippen LogP contribution in [0.1, 0.15) is 47.1 Å². The molecule has 0 fully saturated rings. The van der Waals surface area contributed by atoms with Crippen LogP contribution in [-0.2, 0) is 6.18 Å². The maximum absolute atomic E-state index is 13.5. The van der Waals surface area contributed by atoms with Gasteiger partial charge in [0.2, 0.25) is 5.43 Å². The van der Waals surface area contributed by atoms with Gasteiger partial charge >= 0.3 is 6.18 Å². The molecular formula is C24H22F3N3O3. The molecule has 33 heavy (non-hydrogen) atoms.